The molecule has 0 aliphatic heterocycles. The first-order valence-electron chi connectivity index (χ1n) is 5.24. The standard InChI is InChI=1S/C13H10BrFN2O/c14-9-3-8(6-17-7-9)4-13(18)11-5-10(15)1-2-12(11)16/h1-3,5-7H,4,16H2. The van der Waals surface area contributed by atoms with E-state index >= 15 is 0 Å². The summed E-state index contributed by atoms with van der Waals surface area (Å²) in [5.41, 5.74) is 6.90. The van der Waals surface area contributed by atoms with Crippen molar-refractivity contribution in [2.45, 2.75) is 6.42 Å². The summed E-state index contributed by atoms with van der Waals surface area (Å²) in [7, 11) is 0. The molecule has 0 aliphatic carbocycles. The lowest BCUT2D eigenvalue weighted by atomic mass is 10.0. The Kier molecular flexibility index (Phi) is 3.72. The van der Waals surface area contributed by atoms with Gasteiger partial charge in [-0.05, 0) is 45.8 Å². The van der Waals surface area contributed by atoms with Gasteiger partial charge < -0.3 is 5.73 Å². The average Bonchev–Trinajstić information content (AvgIpc) is 2.32. The van der Waals surface area contributed by atoms with Gasteiger partial charge in [0.05, 0.1) is 0 Å². The van der Waals surface area contributed by atoms with E-state index in [1.54, 1.807) is 18.5 Å². The highest BCUT2D eigenvalue weighted by atomic mass is 79.9. The maximum atomic E-state index is 13.1. The number of ketones is 1. The Morgan fingerprint density at radius 2 is 2.11 bits per heavy atom. The molecule has 3 nitrogen and oxygen atoms in total. The number of halogens is 2. The van der Waals surface area contributed by atoms with Crippen LogP contribution in [0.1, 0.15) is 15.9 Å². The van der Waals surface area contributed by atoms with Crippen molar-refractivity contribution >= 4 is 27.4 Å². The molecular formula is C13H10BrFN2O. The Balaban J connectivity index is 2.24. The van der Waals surface area contributed by atoms with Gasteiger partial charge in [-0.1, -0.05) is 0 Å². The fourth-order valence-corrected chi connectivity index (χ4v) is 2.02. The van der Waals surface area contributed by atoms with Crippen LogP contribution in [0.2, 0.25) is 0 Å². The molecule has 2 aromatic rings. The van der Waals surface area contributed by atoms with E-state index in [4.69, 9.17) is 5.73 Å². The smallest absolute Gasteiger partial charge is 0.169 e. The topological polar surface area (TPSA) is 56.0 Å². The van der Waals surface area contributed by atoms with Crippen LogP contribution in [-0.2, 0) is 6.42 Å². The van der Waals surface area contributed by atoms with Crippen LogP contribution in [0.15, 0.2) is 41.1 Å². The number of rotatable bonds is 3. The molecule has 1 heterocycles. The number of carbonyl (C=O) groups is 1. The first-order valence-corrected chi connectivity index (χ1v) is 6.03. The number of pyridine rings is 1. The van der Waals surface area contributed by atoms with Crippen molar-refractivity contribution < 1.29 is 9.18 Å². The van der Waals surface area contributed by atoms with E-state index in [1.807, 2.05) is 0 Å². The SMILES string of the molecule is Nc1ccc(F)cc1C(=O)Cc1cncc(Br)c1. The van der Waals surface area contributed by atoms with Crippen LogP contribution in [-0.4, -0.2) is 10.8 Å². The van der Waals surface area contributed by atoms with Crippen LogP contribution in [0, 0.1) is 5.82 Å². The summed E-state index contributed by atoms with van der Waals surface area (Å²) in [5.74, 6) is -0.702. The number of benzene rings is 1. The van der Waals surface area contributed by atoms with E-state index in [0.717, 1.165) is 16.1 Å². The van der Waals surface area contributed by atoms with E-state index in [2.05, 4.69) is 20.9 Å². The number of carbonyl (C=O) groups excluding carboxylic acids is 1. The summed E-state index contributed by atoms with van der Waals surface area (Å²) in [6, 6.07) is 5.57. The van der Waals surface area contributed by atoms with Gasteiger partial charge in [0.15, 0.2) is 5.78 Å². The van der Waals surface area contributed by atoms with Gasteiger partial charge >= 0.3 is 0 Å². The predicted octanol–water partition coefficient (Wildman–Crippen LogP) is 2.99. The summed E-state index contributed by atoms with van der Waals surface area (Å²) in [4.78, 5) is 16.0. The van der Waals surface area contributed by atoms with Crippen LogP contribution in [0.4, 0.5) is 10.1 Å². The highest BCUT2D eigenvalue weighted by molar-refractivity contribution is 9.10. The fourth-order valence-electron chi connectivity index (χ4n) is 1.60. The zero-order chi connectivity index (χ0) is 13.1. The minimum absolute atomic E-state index is 0.139. The van der Waals surface area contributed by atoms with Crippen LogP contribution < -0.4 is 5.73 Å². The van der Waals surface area contributed by atoms with E-state index in [9.17, 15) is 9.18 Å². The Bertz CT molecular complexity index is 601. The number of hydrogen-bond donors (Lipinski definition) is 1. The van der Waals surface area contributed by atoms with Crippen molar-refractivity contribution in [1.29, 1.82) is 0 Å². The van der Waals surface area contributed by atoms with Gasteiger partial charge in [0.1, 0.15) is 5.82 Å². The number of aromatic nitrogens is 1. The van der Waals surface area contributed by atoms with Gasteiger partial charge in [-0.2, -0.15) is 0 Å². The second-order valence-corrected chi connectivity index (χ2v) is 4.76. The molecule has 5 heteroatoms. The van der Waals surface area contributed by atoms with Crippen LogP contribution in [0.25, 0.3) is 0 Å². The first kappa shape index (κ1) is 12.7. The van der Waals surface area contributed by atoms with Crippen LogP contribution >= 0.6 is 15.9 Å². The number of nitrogen functional groups attached to an aromatic ring is 1. The normalized spacial score (nSPS) is 10.3. The lowest BCUT2D eigenvalue weighted by Crippen LogP contribution is -2.07. The Morgan fingerprint density at radius 1 is 1.33 bits per heavy atom. The molecule has 18 heavy (non-hydrogen) atoms. The van der Waals surface area contributed by atoms with Gasteiger partial charge in [0.2, 0.25) is 0 Å². The molecule has 0 atom stereocenters. The molecule has 0 saturated carbocycles. The average molecular weight is 309 g/mol. The zero-order valence-electron chi connectivity index (χ0n) is 9.36. The third-order valence-electron chi connectivity index (χ3n) is 2.44. The summed E-state index contributed by atoms with van der Waals surface area (Å²) in [5, 5.41) is 0. The molecule has 0 bridgehead atoms. The molecule has 0 fully saturated rings. The summed E-state index contributed by atoms with van der Waals surface area (Å²) in [6.45, 7) is 0. The van der Waals surface area contributed by atoms with Gasteiger partial charge in [-0.15, -0.1) is 0 Å². The number of nitrogens with two attached hydrogens (primary N) is 1. The number of anilines is 1. The molecule has 1 aromatic carbocycles. The molecule has 0 spiro atoms. The van der Waals surface area contributed by atoms with E-state index in [0.29, 0.717) is 0 Å². The monoisotopic (exact) mass is 308 g/mol. The van der Waals surface area contributed by atoms with Crippen molar-refractivity contribution in [3.8, 4) is 0 Å². The molecule has 92 valence electrons. The second kappa shape index (κ2) is 5.27. The first-order chi connectivity index (χ1) is 8.56. The van der Waals surface area contributed by atoms with E-state index in [1.165, 1.54) is 12.1 Å². The maximum Gasteiger partial charge on any atom is 0.169 e. The molecule has 0 saturated heterocycles. The third-order valence-corrected chi connectivity index (χ3v) is 2.88. The number of hydrogen-bond acceptors (Lipinski definition) is 3. The minimum atomic E-state index is -0.472. The van der Waals surface area contributed by atoms with Gasteiger partial charge in [-0.3, -0.25) is 9.78 Å². The van der Waals surface area contributed by atoms with Crippen molar-refractivity contribution in [3.63, 3.8) is 0 Å². The second-order valence-electron chi connectivity index (χ2n) is 3.84. The Labute approximate surface area is 112 Å². The van der Waals surface area contributed by atoms with Gasteiger partial charge in [-0.25, -0.2) is 4.39 Å². The highest BCUT2D eigenvalue weighted by Crippen LogP contribution is 2.17. The number of Topliss-reactive ketones (excluding diaryl/α,β-unsaturated/α-hetero) is 1. The van der Waals surface area contributed by atoms with Crippen molar-refractivity contribution in [2.24, 2.45) is 0 Å². The van der Waals surface area contributed by atoms with Gasteiger partial charge in [0, 0.05) is 34.5 Å². The molecule has 0 amide bonds. The van der Waals surface area contributed by atoms with Crippen molar-refractivity contribution in [3.05, 3.63) is 58.1 Å². The largest absolute Gasteiger partial charge is 0.398 e. The molecule has 0 unspecified atom stereocenters. The predicted molar refractivity (Wildman–Crippen MR) is 70.8 cm³/mol. The summed E-state index contributed by atoms with van der Waals surface area (Å²) in [6.07, 6.45) is 3.36. The summed E-state index contributed by atoms with van der Waals surface area (Å²) >= 11 is 3.28. The quantitative estimate of drug-likeness (QED) is 0.700. The van der Waals surface area contributed by atoms with E-state index in [-0.39, 0.29) is 23.5 Å². The Morgan fingerprint density at radius 3 is 2.83 bits per heavy atom. The van der Waals surface area contributed by atoms with Gasteiger partial charge in [0.25, 0.3) is 0 Å². The lowest BCUT2D eigenvalue weighted by Gasteiger charge is -2.05. The molecule has 2 N–H and O–H groups in total. The number of nitrogens with zero attached hydrogens (tertiary/aromatic N) is 1. The molecule has 0 radical (unpaired) electrons. The zero-order valence-corrected chi connectivity index (χ0v) is 10.9. The maximum absolute atomic E-state index is 13.1. The van der Waals surface area contributed by atoms with Crippen LogP contribution in [0.5, 0.6) is 0 Å². The lowest BCUT2D eigenvalue weighted by molar-refractivity contribution is 0.0993. The molecule has 1 aromatic heterocycles. The van der Waals surface area contributed by atoms with E-state index < -0.39 is 5.82 Å². The molecule has 0 aliphatic rings. The van der Waals surface area contributed by atoms with Crippen LogP contribution in [0.3, 0.4) is 0 Å². The van der Waals surface area contributed by atoms with Crippen molar-refractivity contribution in [1.82, 2.24) is 4.98 Å². The Hall–Kier alpha value is -1.75. The highest BCUT2D eigenvalue weighted by Gasteiger charge is 2.12. The minimum Gasteiger partial charge on any atom is -0.398 e. The summed E-state index contributed by atoms with van der Waals surface area (Å²) < 4.78 is 13.9. The van der Waals surface area contributed by atoms with Crippen molar-refractivity contribution in [2.75, 3.05) is 5.73 Å². The molecular weight excluding hydrogens is 299 g/mol. The fraction of sp³-hybridized carbons (Fsp3) is 0.0769. The molecule has 2 rings (SSSR count). The third kappa shape index (κ3) is 2.92.